The molecule has 0 saturated carbocycles. The highest BCUT2D eigenvalue weighted by molar-refractivity contribution is 5.93. The molecule has 0 saturated heterocycles. The number of rotatable bonds is 11. The van der Waals surface area contributed by atoms with Gasteiger partial charge in [-0.3, -0.25) is 14.6 Å². The summed E-state index contributed by atoms with van der Waals surface area (Å²) >= 11 is 0. The average molecular weight is 534 g/mol. The number of anilines is 2. The van der Waals surface area contributed by atoms with Crippen molar-refractivity contribution >= 4 is 34.1 Å². The summed E-state index contributed by atoms with van der Waals surface area (Å²) in [6, 6.07) is 15.7. The molecule has 0 radical (unpaired) electrons. The Kier molecular flexibility index (Phi) is 8.78. The molecular formula is C29H28FN3O6. The third-order valence-electron chi connectivity index (χ3n) is 5.86. The van der Waals surface area contributed by atoms with Gasteiger partial charge in [0.15, 0.2) is 11.5 Å². The number of amides is 2. The largest absolute Gasteiger partial charge is 0.506 e. The lowest BCUT2D eigenvalue weighted by atomic mass is 10.1. The van der Waals surface area contributed by atoms with Crippen LogP contribution in [0.2, 0.25) is 0 Å². The average Bonchev–Trinajstić information content (AvgIpc) is 2.93. The van der Waals surface area contributed by atoms with Crippen molar-refractivity contribution in [1.29, 1.82) is 0 Å². The molecule has 0 aliphatic carbocycles. The summed E-state index contributed by atoms with van der Waals surface area (Å²) in [5.74, 6) is 0.869. The highest BCUT2D eigenvalue weighted by atomic mass is 19.1. The molecule has 202 valence electrons. The molecular weight excluding hydrogens is 505 g/mol. The van der Waals surface area contributed by atoms with E-state index in [1.54, 1.807) is 62.9 Å². The molecule has 0 bridgehead atoms. The maximum Gasteiger partial charge on any atom is 0.224 e. The van der Waals surface area contributed by atoms with Gasteiger partial charge in [0.1, 0.15) is 23.1 Å². The summed E-state index contributed by atoms with van der Waals surface area (Å²) in [5.41, 5.74) is 1.45. The van der Waals surface area contributed by atoms with E-state index in [4.69, 9.17) is 14.2 Å². The molecule has 0 fully saturated rings. The van der Waals surface area contributed by atoms with Crippen LogP contribution in [0.15, 0.2) is 66.9 Å². The molecule has 0 aliphatic heterocycles. The molecule has 1 aromatic heterocycles. The monoisotopic (exact) mass is 533 g/mol. The third kappa shape index (κ3) is 7.13. The second-order valence-electron chi connectivity index (χ2n) is 8.62. The molecule has 10 heteroatoms. The number of carbonyl (C=O) groups excluding carboxylic acids is 2. The number of pyridine rings is 1. The molecule has 0 atom stereocenters. The van der Waals surface area contributed by atoms with Crippen LogP contribution >= 0.6 is 0 Å². The normalized spacial score (nSPS) is 10.6. The minimum Gasteiger partial charge on any atom is -0.506 e. The van der Waals surface area contributed by atoms with Crippen LogP contribution in [-0.4, -0.2) is 36.1 Å². The predicted octanol–water partition coefficient (Wildman–Crippen LogP) is 6.03. The number of nitrogens with one attached hydrogen (secondary N) is 2. The Morgan fingerprint density at radius 3 is 2.18 bits per heavy atom. The van der Waals surface area contributed by atoms with Crippen molar-refractivity contribution in [2.24, 2.45) is 0 Å². The highest BCUT2D eigenvalue weighted by Crippen LogP contribution is 2.37. The summed E-state index contributed by atoms with van der Waals surface area (Å²) in [4.78, 5) is 28.7. The number of halogens is 1. The summed E-state index contributed by atoms with van der Waals surface area (Å²) in [6.45, 7) is 0. The Labute approximate surface area is 224 Å². The second-order valence-corrected chi connectivity index (χ2v) is 8.62. The zero-order chi connectivity index (χ0) is 27.8. The van der Waals surface area contributed by atoms with Gasteiger partial charge < -0.3 is 30.0 Å². The Morgan fingerprint density at radius 1 is 0.846 bits per heavy atom. The van der Waals surface area contributed by atoms with E-state index in [-0.39, 0.29) is 36.1 Å². The van der Waals surface area contributed by atoms with Crippen molar-refractivity contribution in [2.45, 2.75) is 25.7 Å². The quantitative estimate of drug-likeness (QED) is 0.159. The molecule has 3 aromatic carbocycles. The number of phenolic OH excluding ortho intramolecular Hbond substituents is 1. The number of hydrogen-bond acceptors (Lipinski definition) is 7. The maximum atomic E-state index is 13.0. The molecule has 9 nitrogen and oxygen atoms in total. The van der Waals surface area contributed by atoms with E-state index in [0.29, 0.717) is 47.0 Å². The van der Waals surface area contributed by atoms with E-state index in [0.717, 1.165) is 17.5 Å². The van der Waals surface area contributed by atoms with Crippen molar-refractivity contribution < 1.29 is 33.3 Å². The van der Waals surface area contributed by atoms with Gasteiger partial charge in [-0.1, -0.05) is 0 Å². The summed E-state index contributed by atoms with van der Waals surface area (Å²) in [6.07, 6.45) is 3.03. The Hall–Kier alpha value is -4.86. The minimum absolute atomic E-state index is 0.142. The number of ether oxygens (including phenoxy) is 3. The minimum atomic E-state index is -0.594. The predicted molar refractivity (Wildman–Crippen MR) is 145 cm³/mol. The molecule has 4 rings (SSSR count). The first-order valence-electron chi connectivity index (χ1n) is 12.2. The zero-order valence-corrected chi connectivity index (χ0v) is 21.5. The molecule has 0 aliphatic rings. The standard InChI is InChI=1S/C29H28FN3O6/c1-37-26-16-21-23(17-27(26)38-2)31-14-13-25(21)39-20-10-8-19(9-11-20)32-28(35)5-3-4-6-29(36)33-22-12-7-18(30)15-24(22)34/h7-17,34H,3-6H2,1-2H3,(H,32,35)(H,33,36). The van der Waals surface area contributed by atoms with Crippen LogP contribution in [0, 0.1) is 5.82 Å². The number of aromatic hydroxyl groups is 1. The van der Waals surface area contributed by atoms with Gasteiger partial charge in [0.25, 0.3) is 0 Å². The molecule has 0 spiro atoms. The van der Waals surface area contributed by atoms with Crippen molar-refractivity contribution in [3.63, 3.8) is 0 Å². The van der Waals surface area contributed by atoms with Crippen molar-refractivity contribution in [3.05, 3.63) is 72.7 Å². The van der Waals surface area contributed by atoms with Crippen LogP contribution < -0.4 is 24.8 Å². The molecule has 3 N–H and O–H groups in total. The fourth-order valence-corrected chi connectivity index (χ4v) is 3.89. The Balaban J connectivity index is 1.26. The van der Waals surface area contributed by atoms with E-state index in [2.05, 4.69) is 15.6 Å². The molecule has 0 unspecified atom stereocenters. The van der Waals surface area contributed by atoms with E-state index < -0.39 is 5.82 Å². The van der Waals surface area contributed by atoms with Gasteiger partial charge in [-0.05, 0) is 61.4 Å². The van der Waals surface area contributed by atoms with Crippen LogP contribution in [0.1, 0.15) is 25.7 Å². The smallest absolute Gasteiger partial charge is 0.224 e. The van der Waals surface area contributed by atoms with Gasteiger partial charge in [-0.15, -0.1) is 0 Å². The van der Waals surface area contributed by atoms with E-state index in [1.165, 1.54) is 6.07 Å². The number of carbonyl (C=O) groups is 2. The first-order chi connectivity index (χ1) is 18.9. The van der Waals surface area contributed by atoms with Crippen molar-refractivity contribution in [3.8, 4) is 28.7 Å². The van der Waals surface area contributed by atoms with E-state index in [1.807, 2.05) is 0 Å². The fourth-order valence-electron chi connectivity index (χ4n) is 3.89. The van der Waals surface area contributed by atoms with Gasteiger partial charge in [-0.2, -0.15) is 0 Å². The lowest BCUT2D eigenvalue weighted by molar-refractivity contribution is -0.118. The van der Waals surface area contributed by atoms with Crippen LogP contribution in [-0.2, 0) is 9.59 Å². The fraction of sp³-hybridized carbons (Fsp3) is 0.207. The molecule has 1 heterocycles. The summed E-state index contributed by atoms with van der Waals surface area (Å²) in [7, 11) is 3.13. The maximum absolute atomic E-state index is 13.0. The molecule has 2 amide bonds. The van der Waals surface area contributed by atoms with Crippen molar-refractivity contribution in [2.75, 3.05) is 24.9 Å². The number of phenols is 1. The van der Waals surface area contributed by atoms with Crippen LogP contribution in [0.3, 0.4) is 0 Å². The number of nitrogens with zero attached hydrogens (tertiary/aromatic N) is 1. The lowest BCUT2D eigenvalue weighted by Crippen LogP contribution is -2.13. The zero-order valence-electron chi connectivity index (χ0n) is 21.5. The van der Waals surface area contributed by atoms with Gasteiger partial charge in [-0.25, -0.2) is 4.39 Å². The molecule has 39 heavy (non-hydrogen) atoms. The molecule has 4 aromatic rings. The first-order valence-corrected chi connectivity index (χ1v) is 12.2. The van der Waals surface area contributed by atoms with Gasteiger partial charge >= 0.3 is 0 Å². The number of fused-ring (bicyclic) bond motifs is 1. The van der Waals surface area contributed by atoms with Crippen LogP contribution in [0.5, 0.6) is 28.7 Å². The van der Waals surface area contributed by atoms with Gasteiger partial charge in [0, 0.05) is 42.2 Å². The van der Waals surface area contributed by atoms with Gasteiger partial charge in [0.05, 0.1) is 25.4 Å². The van der Waals surface area contributed by atoms with E-state index in [9.17, 15) is 19.1 Å². The lowest BCUT2D eigenvalue weighted by Gasteiger charge is -2.12. The van der Waals surface area contributed by atoms with Gasteiger partial charge in [0.2, 0.25) is 11.8 Å². The number of aromatic nitrogens is 1. The Morgan fingerprint density at radius 2 is 1.51 bits per heavy atom. The van der Waals surface area contributed by atoms with E-state index >= 15 is 0 Å². The summed E-state index contributed by atoms with van der Waals surface area (Å²) in [5, 5.41) is 15.8. The number of unbranched alkanes of at least 4 members (excludes halogenated alkanes) is 1. The summed E-state index contributed by atoms with van der Waals surface area (Å²) < 4.78 is 29.8. The third-order valence-corrected chi connectivity index (χ3v) is 5.86. The van der Waals surface area contributed by atoms with Crippen molar-refractivity contribution in [1.82, 2.24) is 4.98 Å². The number of benzene rings is 3. The topological polar surface area (TPSA) is 119 Å². The first kappa shape index (κ1) is 27.2. The Bertz CT molecular complexity index is 1480. The van der Waals surface area contributed by atoms with Crippen LogP contribution in [0.25, 0.3) is 10.9 Å². The number of methoxy groups -OCH3 is 2. The highest BCUT2D eigenvalue weighted by Gasteiger charge is 2.12. The second kappa shape index (κ2) is 12.6. The SMILES string of the molecule is COc1cc2nccc(Oc3ccc(NC(=O)CCCCC(=O)Nc4ccc(F)cc4O)cc3)c2cc1OC. The number of hydrogen-bond donors (Lipinski definition) is 3. The van der Waals surface area contributed by atoms with Crippen LogP contribution in [0.4, 0.5) is 15.8 Å².